The Morgan fingerprint density at radius 3 is 2.87 bits per heavy atom. The number of piperidine rings is 1. The Morgan fingerprint density at radius 2 is 2.20 bits per heavy atom. The molecule has 15 heavy (non-hydrogen) atoms. The molecule has 1 saturated heterocycles. The smallest absolute Gasteiger partial charge is 0.225 e. The van der Waals surface area contributed by atoms with Gasteiger partial charge in [0, 0.05) is 19.1 Å². The summed E-state index contributed by atoms with van der Waals surface area (Å²) in [6.07, 6.45) is 5.69. The van der Waals surface area contributed by atoms with Gasteiger partial charge in [0.15, 0.2) is 0 Å². The topological polar surface area (TPSA) is 41.0 Å². The molecular weight excluding hydrogens is 212 g/mol. The average Bonchev–Trinajstić information content (AvgIpc) is 2.30. The lowest BCUT2D eigenvalue weighted by atomic mass is 10.1. The maximum atomic E-state index is 5.75. The van der Waals surface area contributed by atoms with Crippen molar-refractivity contribution in [1.29, 1.82) is 0 Å². The lowest BCUT2D eigenvalue weighted by Crippen LogP contribution is -2.45. The van der Waals surface area contributed by atoms with E-state index < -0.39 is 0 Å². The summed E-state index contributed by atoms with van der Waals surface area (Å²) >= 11 is 5.75. The van der Waals surface area contributed by atoms with E-state index in [4.69, 9.17) is 11.6 Å². The number of anilines is 1. The maximum Gasteiger partial charge on any atom is 0.225 e. The van der Waals surface area contributed by atoms with Crippen LogP contribution in [0.5, 0.6) is 0 Å². The van der Waals surface area contributed by atoms with Gasteiger partial charge >= 0.3 is 0 Å². The molecule has 0 radical (unpaired) electrons. The molecule has 1 aromatic heterocycles. The molecule has 0 amide bonds. The molecule has 5 heteroatoms. The number of aromatic nitrogens is 2. The highest BCUT2D eigenvalue weighted by molar-refractivity contribution is 6.30. The van der Waals surface area contributed by atoms with Gasteiger partial charge in [-0.25, -0.2) is 9.97 Å². The number of nitrogens with one attached hydrogen (secondary N) is 1. The van der Waals surface area contributed by atoms with Crippen molar-refractivity contribution in [2.24, 2.45) is 0 Å². The average molecular weight is 227 g/mol. The third-order valence-corrected chi connectivity index (χ3v) is 2.91. The Kier molecular flexibility index (Phi) is 3.38. The van der Waals surface area contributed by atoms with E-state index >= 15 is 0 Å². The summed E-state index contributed by atoms with van der Waals surface area (Å²) in [5, 5.41) is 3.88. The molecule has 0 unspecified atom stereocenters. The van der Waals surface area contributed by atoms with Crippen molar-refractivity contribution >= 4 is 17.5 Å². The van der Waals surface area contributed by atoms with Gasteiger partial charge in [-0.2, -0.15) is 0 Å². The van der Waals surface area contributed by atoms with Crippen LogP contribution in [0.4, 0.5) is 5.95 Å². The summed E-state index contributed by atoms with van der Waals surface area (Å²) in [6.45, 7) is 2.00. The van der Waals surface area contributed by atoms with Crippen LogP contribution in [0.2, 0.25) is 5.02 Å². The van der Waals surface area contributed by atoms with Crippen LogP contribution in [0.1, 0.15) is 12.8 Å². The molecule has 2 heterocycles. The molecule has 1 aromatic rings. The lowest BCUT2D eigenvalue weighted by Gasteiger charge is -2.32. The molecule has 82 valence electrons. The van der Waals surface area contributed by atoms with Crippen LogP contribution >= 0.6 is 11.6 Å². The fraction of sp³-hybridized carbons (Fsp3) is 0.600. The highest BCUT2D eigenvalue weighted by Gasteiger charge is 2.19. The second-order valence-corrected chi connectivity index (χ2v) is 4.21. The van der Waals surface area contributed by atoms with Gasteiger partial charge in [-0.3, -0.25) is 0 Å². The summed E-state index contributed by atoms with van der Waals surface area (Å²) in [7, 11) is 2.00. The number of rotatable bonds is 2. The zero-order chi connectivity index (χ0) is 10.7. The van der Waals surface area contributed by atoms with E-state index in [0.29, 0.717) is 11.1 Å². The summed E-state index contributed by atoms with van der Waals surface area (Å²) in [5.74, 6) is 0.777. The van der Waals surface area contributed by atoms with Crippen molar-refractivity contribution in [2.75, 3.05) is 25.0 Å². The predicted molar refractivity (Wildman–Crippen MR) is 61.3 cm³/mol. The van der Waals surface area contributed by atoms with Crippen molar-refractivity contribution in [2.45, 2.75) is 18.9 Å². The zero-order valence-electron chi connectivity index (χ0n) is 8.78. The molecule has 1 aliphatic rings. The van der Waals surface area contributed by atoms with Crippen molar-refractivity contribution < 1.29 is 0 Å². The van der Waals surface area contributed by atoms with Gasteiger partial charge in [0.05, 0.1) is 17.4 Å². The van der Waals surface area contributed by atoms with Crippen molar-refractivity contribution in [3.8, 4) is 0 Å². The van der Waals surface area contributed by atoms with Crippen molar-refractivity contribution in [1.82, 2.24) is 15.3 Å². The van der Waals surface area contributed by atoms with E-state index in [1.165, 1.54) is 12.8 Å². The summed E-state index contributed by atoms with van der Waals surface area (Å²) < 4.78 is 0. The summed E-state index contributed by atoms with van der Waals surface area (Å²) in [4.78, 5) is 10.6. The van der Waals surface area contributed by atoms with Gasteiger partial charge in [-0.15, -0.1) is 0 Å². The molecule has 0 aliphatic carbocycles. The number of halogens is 1. The van der Waals surface area contributed by atoms with Gasteiger partial charge in [0.1, 0.15) is 0 Å². The Bertz CT molecular complexity index is 314. The molecule has 1 aliphatic heterocycles. The molecule has 0 bridgehead atoms. The molecule has 0 saturated carbocycles. The predicted octanol–water partition coefficient (Wildman–Crippen LogP) is 1.32. The van der Waals surface area contributed by atoms with Gasteiger partial charge in [0.25, 0.3) is 0 Å². The van der Waals surface area contributed by atoms with Crippen molar-refractivity contribution in [3.05, 3.63) is 17.4 Å². The molecule has 4 nitrogen and oxygen atoms in total. The number of hydrogen-bond donors (Lipinski definition) is 1. The second-order valence-electron chi connectivity index (χ2n) is 3.78. The van der Waals surface area contributed by atoms with Gasteiger partial charge in [-0.1, -0.05) is 11.6 Å². The third-order valence-electron chi connectivity index (χ3n) is 2.72. The third kappa shape index (κ3) is 2.58. The molecule has 2 rings (SSSR count). The lowest BCUT2D eigenvalue weighted by molar-refractivity contribution is 0.445. The van der Waals surface area contributed by atoms with Crippen LogP contribution in [0.25, 0.3) is 0 Å². The molecule has 0 aromatic carbocycles. The molecule has 1 N–H and O–H groups in total. The number of hydrogen-bond acceptors (Lipinski definition) is 4. The molecule has 1 fully saturated rings. The summed E-state index contributed by atoms with van der Waals surface area (Å²) in [6, 6.07) is 0.540. The minimum atomic E-state index is 0.540. The van der Waals surface area contributed by atoms with Gasteiger partial charge in [-0.05, 0) is 19.9 Å². The second kappa shape index (κ2) is 4.77. The largest absolute Gasteiger partial charge is 0.339 e. The van der Waals surface area contributed by atoms with Crippen LogP contribution < -0.4 is 10.2 Å². The Balaban J connectivity index is 2.06. The van der Waals surface area contributed by atoms with Crippen LogP contribution in [-0.2, 0) is 0 Å². The molecule has 0 spiro atoms. The van der Waals surface area contributed by atoms with Crippen LogP contribution in [0, 0.1) is 0 Å². The first-order chi connectivity index (χ1) is 7.29. The fourth-order valence-electron chi connectivity index (χ4n) is 1.86. The van der Waals surface area contributed by atoms with E-state index in [2.05, 4.69) is 20.2 Å². The van der Waals surface area contributed by atoms with Crippen LogP contribution in [0.15, 0.2) is 12.4 Å². The zero-order valence-corrected chi connectivity index (χ0v) is 9.54. The standard InChI is InChI=1S/C10H15ClN4/c1-12-9-3-2-4-15(7-9)10-13-5-8(11)6-14-10/h5-6,9,12H,2-4,7H2,1H3/t9-/m1/s1. The Labute approximate surface area is 94.7 Å². The first-order valence-electron chi connectivity index (χ1n) is 5.19. The normalized spacial score (nSPS) is 21.7. The number of nitrogens with zero attached hydrogens (tertiary/aromatic N) is 3. The highest BCUT2D eigenvalue weighted by Crippen LogP contribution is 2.16. The van der Waals surface area contributed by atoms with Gasteiger partial charge < -0.3 is 10.2 Å². The quantitative estimate of drug-likeness (QED) is 0.826. The van der Waals surface area contributed by atoms with E-state index in [1.54, 1.807) is 12.4 Å². The molecule has 1 atom stereocenters. The van der Waals surface area contributed by atoms with E-state index in [0.717, 1.165) is 19.0 Å². The van der Waals surface area contributed by atoms with Crippen LogP contribution in [-0.4, -0.2) is 36.1 Å². The summed E-state index contributed by atoms with van der Waals surface area (Å²) in [5.41, 5.74) is 0. The maximum absolute atomic E-state index is 5.75. The van der Waals surface area contributed by atoms with E-state index in [-0.39, 0.29) is 0 Å². The first kappa shape index (κ1) is 10.6. The van der Waals surface area contributed by atoms with E-state index in [9.17, 15) is 0 Å². The SMILES string of the molecule is CN[C@@H]1CCCN(c2ncc(Cl)cn2)C1. The first-order valence-corrected chi connectivity index (χ1v) is 5.57. The Morgan fingerprint density at radius 1 is 1.47 bits per heavy atom. The number of likely N-dealkylation sites (N-methyl/N-ethyl adjacent to an activating group) is 1. The van der Waals surface area contributed by atoms with E-state index in [1.807, 2.05) is 7.05 Å². The Hall–Kier alpha value is -0.870. The fourth-order valence-corrected chi connectivity index (χ4v) is 1.96. The van der Waals surface area contributed by atoms with Gasteiger partial charge in [0.2, 0.25) is 5.95 Å². The minimum Gasteiger partial charge on any atom is -0.339 e. The monoisotopic (exact) mass is 226 g/mol. The van der Waals surface area contributed by atoms with Crippen molar-refractivity contribution in [3.63, 3.8) is 0 Å². The molecular formula is C10H15ClN4. The van der Waals surface area contributed by atoms with Crippen LogP contribution in [0.3, 0.4) is 0 Å². The highest BCUT2D eigenvalue weighted by atomic mass is 35.5. The minimum absolute atomic E-state index is 0.540.